The lowest BCUT2D eigenvalue weighted by Crippen LogP contribution is -2.07. The quantitative estimate of drug-likeness (QED) is 0.469. The number of unbranched alkanes of at least 4 members (excludes halogenated alkanes) is 3. The van der Waals surface area contributed by atoms with Gasteiger partial charge in [0.25, 0.3) is 7.82 Å². The van der Waals surface area contributed by atoms with Gasteiger partial charge in [0, 0.05) is 7.11 Å². The van der Waals surface area contributed by atoms with E-state index in [4.69, 9.17) is 5.73 Å². The van der Waals surface area contributed by atoms with Crippen LogP contribution in [0, 0.1) is 0 Å². The monoisotopic (exact) mass is 210 g/mol. The van der Waals surface area contributed by atoms with Crippen molar-refractivity contribution in [2.75, 3.05) is 20.3 Å². The zero-order valence-electron chi connectivity index (χ0n) is 7.90. The van der Waals surface area contributed by atoms with Gasteiger partial charge in [0.1, 0.15) is 0 Å². The first-order valence-corrected chi connectivity index (χ1v) is 5.80. The molecular weight excluding hydrogens is 193 g/mol. The van der Waals surface area contributed by atoms with Crippen LogP contribution in [0.15, 0.2) is 0 Å². The lowest BCUT2D eigenvalue weighted by molar-refractivity contribution is -0.223. The lowest BCUT2D eigenvalue weighted by atomic mass is 10.2. The van der Waals surface area contributed by atoms with Crippen LogP contribution in [0.1, 0.15) is 25.7 Å². The van der Waals surface area contributed by atoms with E-state index in [-0.39, 0.29) is 6.61 Å². The Labute approximate surface area is 78.8 Å². The molecule has 80 valence electrons. The van der Waals surface area contributed by atoms with Gasteiger partial charge in [-0.3, -0.25) is 4.57 Å². The van der Waals surface area contributed by atoms with E-state index < -0.39 is 7.82 Å². The topological polar surface area (TPSA) is 84.6 Å². The molecule has 5 nitrogen and oxygen atoms in total. The van der Waals surface area contributed by atoms with Crippen LogP contribution in [0.25, 0.3) is 0 Å². The Bertz CT molecular complexity index is 165. The second kappa shape index (κ2) is 7.47. The smallest absolute Gasteiger partial charge is 0.267 e. The van der Waals surface area contributed by atoms with Gasteiger partial charge >= 0.3 is 0 Å². The van der Waals surface area contributed by atoms with Crippen LogP contribution >= 0.6 is 7.82 Å². The zero-order valence-corrected chi connectivity index (χ0v) is 8.79. The van der Waals surface area contributed by atoms with E-state index in [0.29, 0.717) is 6.54 Å². The largest absolute Gasteiger partial charge is 0.756 e. The molecule has 0 aromatic rings. The van der Waals surface area contributed by atoms with Crippen molar-refractivity contribution in [3.05, 3.63) is 0 Å². The third-order valence-corrected chi connectivity index (χ3v) is 2.52. The third kappa shape index (κ3) is 8.40. The van der Waals surface area contributed by atoms with Crippen LogP contribution in [0.3, 0.4) is 0 Å². The fourth-order valence-corrected chi connectivity index (χ4v) is 1.29. The van der Waals surface area contributed by atoms with Crippen molar-refractivity contribution in [2.24, 2.45) is 5.73 Å². The van der Waals surface area contributed by atoms with Crippen molar-refractivity contribution in [3.63, 3.8) is 0 Å². The van der Waals surface area contributed by atoms with E-state index in [0.717, 1.165) is 32.8 Å². The molecule has 0 aliphatic heterocycles. The van der Waals surface area contributed by atoms with Gasteiger partial charge in [-0.15, -0.1) is 0 Å². The highest BCUT2D eigenvalue weighted by atomic mass is 31.2. The standard InChI is InChI=1S/C7H18NO4P/c1-11-13(9,10)12-7-5-3-2-4-6-8/h2-8H2,1H3,(H,9,10)/p-1. The summed E-state index contributed by atoms with van der Waals surface area (Å²) in [7, 11) is -2.92. The van der Waals surface area contributed by atoms with Gasteiger partial charge in [-0.05, 0) is 19.4 Å². The minimum atomic E-state index is -4.00. The molecule has 0 bridgehead atoms. The second-order valence-electron chi connectivity index (χ2n) is 2.67. The molecule has 0 aromatic heterocycles. The summed E-state index contributed by atoms with van der Waals surface area (Å²) < 4.78 is 19.3. The van der Waals surface area contributed by atoms with Gasteiger partial charge in [0.05, 0.1) is 6.61 Å². The Balaban J connectivity index is 3.21. The first kappa shape index (κ1) is 13.1. The summed E-state index contributed by atoms with van der Waals surface area (Å²) in [6.07, 6.45) is 3.63. The van der Waals surface area contributed by atoms with Gasteiger partial charge < -0.3 is 19.7 Å². The molecule has 2 N–H and O–H groups in total. The van der Waals surface area contributed by atoms with E-state index in [1.54, 1.807) is 0 Å². The molecule has 1 unspecified atom stereocenters. The second-order valence-corrected chi connectivity index (χ2v) is 4.18. The van der Waals surface area contributed by atoms with Gasteiger partial charge in [0.15, 0.2) is 0 Å². The minimum absolute atomic E-state index is 0.194. The molecule has 0 saturated heterocycles. The number of phosphoric ester groups is 1. The van der Waals surface area contributed by atoms with E-state index >= 15 is 0 Å². The molecule has 6 heteroatoms. The van der Waals surface area contributed by atoms with Crippen molar-refractivity contribution >= 4 is 7.82 Å². The molecule has 0 aromatic carbocycles. The Hall–Kier alpha value is 0.0700. The molecule has 0 heterocycles. The maximum atomic E-state index is 10.7. The maximum absolute atomic E-state index is 10.7. The van der Waals surface area contributed by atoms with Crippen LogP contribution in [0.5, 0.6) is 0 Å². The highest BCUT2D eigenvalue weighted by Crippen LogP contribution is 2.36. The molecule has 0 saturated carbocycles. The van der Waals surface area contributed by atoms with Gasteiger partial charge in [-0.2, -0.15) is 0 Å². The molecule has 0 aliphatic carbocycles. The first-order chi connectivity index (χ1) is 6.12. The zero-order chi connectivity index (χ0) is 10.2. The molecule has 0 spiro atoms. The van der Waals surface area contributed by atoms with E-state index in [2.05, 4.69) is 9.05 Å². The Morgan fingerprint density at radius 3 is 2.46 bits per heavy atom. The summed E-state index contributed by atoms with van der Waals surface area (Å²) in [6.45, 7) is 0.873. The number of hydrogen-bond acceptors (Lipinski definition) is 5. The van der Waals surface area contributed by atoms with Crippen molar-refractivity contribution in [1.29, 1.82) is 0 Å². The van der Waals surface area contributed by atoms with Crippen LogP contribution < -0.4 is 10.6 Å². The van der Waals surface area contributed by atoms with Crippen molar-refractivity contribution < 1.29 is 18.5 Å². The third-order valence-electron chi connectivity index (χ3n) is 1.57. The van der Waals surface area contributed by atoms with Crippen molar-refractivity contribution in [2.45, 2.75) is 25.7 Å². The highest BCUT2D eigenvalue weighted by molar-refractivity contribution is 7.45. The summed E-state index contributed by atoms with van der Waals surface area (Å²) in [5.41, 5.74) is 5.29. The fourth-order valence-electron chi connectivity index (χ4n) is 0.829. The normalized spacial score (nSPS) is 15.6. The molecule has 0 aliphatic rings. The van der Waals surface area contributed by atoms with Gasteiger partial charge in [0.2, 0.25) is 0 Å². The Morgan fingerprint density at radius 1 is 1.31 bits per heavy atom. The summed E-state index contributed by atoms with van der Waals surface area (Å²) in [5.74, 6) is 0. The molecule has 0 fully saturated rings. The molecule has 1 atom stereocenters. The number of rotatable bonds is 8. The first-order valence-electron chi connectivity index (χ1n) is 4.34. The predicted molar refractivity (Wildman–Crippen MR) is 48.1 cm³/mol. The van der Waals surface area contributed by atoms with Crippen LogP contribution in [0.2, 0.25) is 0 Å². The van der Waals surface area contributed by atoms with Crippen molar-refractivity contribution in [1.82, 2.24) is 0 Å². The van der Waals surface area contributed by atoms with Gasteiger partial charge in [-0.1, -0.05) is 12.8 Å². The molecule has 0 radical (unpaired) electrons. The van der Waals surface area contributed by atoms with E-state index in [9.17, 15) is 9.46 Å². The van der Waals surface area contributed by atoms with E-state index in [1.165, 1.54) is 0 Å². The average molecular weight is 210 g/mol. The highest BCUT2D eigenvalue weighted by Gasteiger charge is 2.04. The SMILES string of the molecule is COP(=O)([O-])OCCCCCCN. The Morgan fingerprint density at radius 2 is 1.92 bits per heavy atom. The summed E-state index contributed by atoms with van der Waals surface area (Å²) >= 11 is 0. The van der Waals surface area contributed by atoms with Crippen LogP contribution in [-0.4, -0.2) is 20.3 Å². The maximum Gasteiger partial charge on any atom is 0.267 e. The lowest BCUT2D eigenvalue weighted by Gasteiger charge is -2.19. The molecule has 0 rings (SSSR count). The van der Waals surface area contributed by atoms with E-state index in [1.807, 2.05) is 0 Å². The molecule has 0 amide bonds. The van der Waals surface area contributed by atoms with Crippen LogP contribution in [0.4, 0.5) is 0 Å². The average Bonchev–Trinajstić information content (AvgIpc) is 2.11. The van der Waals surface area contributed by atoms with Crippen molar-refractivity contribution in [3.8, 4) is 0 Å². The summed E-state index contributed by atoms with van der Waals surface area (Å²) in [5, 5.41) is 0. The summed E-state index contributed by atoms with van der Waals surface area (Å²) in [4.78, 5) is 10.7. The fraction of sp³-hybridized carbons (Fsp3) is 1.00. The predicted octanol–water partition coefficient (Wildman–Crippen LogP) is 0.637. The Kier molecular flexibility index (Phi) is 7.51. The number of nitrogens with two attached hydrogens (primary N) is 1. The summed E-state index contributed by atoms with van der Waals surface area (Å²) in [6, 6.07) is 0. The molecular formula is C7H17NO4P-. The van der Waals surface area contributed by atoms with Crippen LogP contribution in [-0.2, 0) is 13.6 Å². The minimum Gasteiger partial charge on any atom is -0.756 e. The van der Waals surface area contributed by atoms with Gasteiger partial charge in [-0.25, -0.2) is 0 Å². The number of phosphoric acid groups is 1. The number of hydrogen-bond donors (Lipinski definition) is 1. The molecule has 13 heavy (non-hydrogen) atoms.